The van der Waals surface area contributed by atoms with Crippen molar-refractivity contribution >= 4 is 22.5 Å². The molecule has 0 bridgehead atoms. The average molecular weight is 318 g/mol. The van der Waals surface area contributed by atoms with E-state index in [0.717, 1.165) is 12.1 Å². The van der Waals surface area contributed by atoms with Crippen LogP contribution in [0.25, 0.3) is 22.3 Å². The molecule has 0 saturated carbocycles. The van der Waals surface area contributed by atoms with Gasteiger partial charge in [0.05, 0.1) is 21.6 Å². The molecule has 2 heterocycles. The number of H-pyrrole nitrogens is 1. The number of hydrogen-bond acceptors (Lipinski definition) is 3. The molecule has 1 aromatic carbocycles. The van der Waals surface area contributed by atoms with E-state index in [1.54, 1.807) is 0 Å². The molecule has 3 aromatic rings. The molecule has 1 N–H and O–H groups in total. The summed E-state index contributed by atoms with van der Waals surface area (Å²) < 4.78 is 27.0. The molecule has 0 aliphatic rings. The first-order valence-electron chi connectivity index (χ1n) is 6.08. The van der Waals surface area contributed by atoms with Gasteiger partial charge in [-0.25, -0.2) is 13.8 Å². The Bertz CT molecular complexity index is 1010. The number of nitriles is 1. The number of benzene rings is 1. The van der Waals surface area contributed by atoms with Crippen LogP contribution in [-0.4, -0.2) is 9.97 Å². The number of nitrogens with one attached hydrogen (secondary N) is 1. The summed E-state index contributed by atoms with van der Waals surface area (Å²) in [6.07, 6.45) is 0. The Hall–Kier alpha value is -2.78. The first-order valence-corrected chi connectivity index (χ1v) is 6.46. The van der Waals surface area contributed by atoms with Crippen molar-refractivity contribution < 1.29 is 8.78 Å². The molecule has 0 radical (unpaired) electrons. The van der Waals surface area contributed by atoms with E-state index in [-0.39, 0.29) is 33.0 Å². The maximum absolute atomic E-state index is 13.7. The molecule has 0 aliphatic carbocycles. The molecule has 108 valence electrons. The number of aromatic nitrogens is 2. The fourth-order valence-electron chi connectivity index (χ4n) is 2.13. The molecule has 0 atom stereocenters. The van der Waals surface area contributed by atoms with Crippen molar-refractivity contribution in [3.05, 3.63) is 62.9 Å². The van der Waals surface area contributed by atoms with Crippen molar-refractivity contribution in [2.24, 2.45) is 0 Å². The first-order chi connectivity index (χ1) is 10.5. The maximum atomic E-state index is 13.7. The standard InChI is InChI=1S/C15H6ClF2N3O/c16-9-2-1-8(6-19)20-15(9)12-5-13(22)14-10(18)3-7(17)4-11(14)21-12/h1-5H,(H,21,22). The summed E-state index contributed by atoms with van der Waals surface area (Å²) in [5.74, 6) is -1.77. The van der Waals surface area contributed by atoms with Crippen LogP contribution in [0, 0.1) is 23.0 Å². The third-order valence-corrected chi connectivity index (χ3v) is 3.37. The summed E-state index contributed by atoms with van der Waals surface area (Å²) >= 11 is 6.01. The van der Waals surface area contributed by atoms with Crippen molar-refractivity contribution in [1.82, 2.24) is 9.97 Å². The zero-order chi connectivity index (χ0) is 15.9. The van der Waals surface area contributed by atoms with E-state index >= 15 is 0 Å². The number of hydrogen-bond donors (Lipinski definition) is 1. The number of nitrogens with zero attached hydrogens (tertiary/aromatic N) is 2. The minimum absolute atomic E-state index is 0.0137. The minimum Gasteiger partial charge on any atom is -0.353 e. The Labute approximate surface area is 127 Å². The Morgan fingerprint density at radius 2 is 2.00 bits per heavy atom. The summed E-state index contributed by atoms with van der Waals surface area (Å²) in [5.41, 5.74) is -0.221. The van der Waals surface area contributed by atoms with E-state index in [1.807, 2.05) is 6.07 Å². The molecule has 0 saturated heterocycles. The van der Waals surface area contributed by atoms with Crippen molar-refractivity contribution in [2.45, 2.75) is 0 Å². The number of rotatable bonds is 1. The second-order valence-electron chi connectivity index (χ2n) is 4.50. The van der Waals surface area contributed by atoms with Gasteiger partial charge in [-0.05, 0) is 18.2 Å². The molecular weight excluding hydrogens is 312 g/mol. The third-order valence-electron chi connectivity index (χ3n) is 3.06. The van der Waals surface area contributed by atoms with Crippen molar-refractivity contribution in [2.75, 3.05) is 0 Å². The maximum Gasteiger partial charge on any atom is 0.193 e. The molecule has 2 aromatic heterocycles. The molecule has 7 heteroatoms. The zero-order valence-corrected chi connectivity index (χ0v) is 11.6. The second-order valence-corrected chi connectivity index (χ2v) is 4.90. The Morgan fingerprint density at radius 1 is 1.23 bits per heavy atom. The lowest BCUT2D eigenvalue weighted by molar-refractivity contribution is 0.591. The largest absolute Gasteiger partial charge is 0.353 e. The van der Waals surface area contributed by atoms with Gasteiger partial charge in [0, 0.05) is 12.1 Å². The monoisotopic (exact) mass is 317 g/mol. The van der Waals surface area contributed by atoms with Crippen LogP contribution in [0.3, 0.4) is 0 Å². The topological polar surface area (TPSA) is 69.5 Å². The van der Waals surface area contributed by atoms with Gasteiger partial charge >= 0.3 is 0 Å². The van der Waals surface area contributed by atoms with E-state index < -0.39 is 17.1 Å². The second kappa shape index (κ2) is 5.20. The van der Waals surface area contributed by atoms with Crippen LogP contribution in [0.4, 0.5) is 8.78 Å². The van der Waals surface area contributed by atoms with Crippen LogP contribution >= 0.6 is 11.6 Å². The van der Waals surface area contributed by atoms with Gasteiger partial charge in [0.15, 0.2) is 5.43 Å². The van der Waals surface area contributed by atoms with Gasteiger partial charge in [0.25, 0.3) is 0 Å². The number of pyridine rings is 2. The fourth-order valence-corrected chi connectivity index (χ4v) is 2.33. The predicted molar refractivity (Wildman–Crippen MR) is 77.4 cm³/mol. The van der Waals surface area contributed by atoms with Crippen LogP contribution < -0.4 is 5.43 Å². The molecule has 4 nitrogen and oxygen atoms in total. The fraction of sp³-hybridized carbons (Fsp3) is 0. The number of aromatic amines is 1. The number of fused-ring (bicyclic) bond motifs is 1. The van der Waals surface area contributed by atoms with Gasteiger partial charge in [-0.2, -0.15) is 5.26 Å². The quantitative estimate of drug-likeness (QED) is 0.748. The van der Waals surface area contributed by atoms with E-state index in [4.69, 9.17) is 16.9 Å². The lowest BCUT2D eigenvalue weighted by Crippen LogP contribution is -2.06. The third kappa shape index (κ3) is 2.32. The molecule has 0 aliphatic heterocycles. The SMILES string of the molecule is N#Cc1ccc(Cl)c(-c2cc(=O)c3c(F)cc(F)cc3[nH]2)n1. The average Bonchev–Trinajstić information content (AvgIpc) is 2.46. The Balaban J connectivity index is 2.34. The van der Waals surface area contributed by atoms with Crippen LogP contribution in [0.1, 0.15) is 5.69 Å². The Kier molecular flexibility index (Phi) is 3.35. The minimum atomic E-state index is -0.951. The van der Waals surface area contributed by atoms with Gasteiger partial charge < -0.3 is 4.98 Å². The predicted octanol–water partition coefficient (Wildman–Crippen LogP) is 3.39. The summed E-state index contributed by atoms with van der Waals surface area (Å²) in [6.45, 7) is 0. The van der Waals surface area contributed by atoms with Gasteiger partial charge in [0.2, 0.25) is 0 Å². The highest BCUT2D eigenvalue weighted by atomic mass is 35.5. The van der Waals surface area contributed by atoms with Crippen LogP contribution in [0.5, 0.6) is 0 Å². The summed E-state index contributed by atoms with van der Waals surface area (Å²) in [5, 5.41) is 8.82. The molecule has 0 unspecified atom stereocenters. The van der Waals surface area contributed by atoms with Crippen LogP contribution in [0.2, 0.25) is 5.02 Å². The van der Waals surface area contributed by atoms with Crippen molar-refractivity contribution in [1.29, 1.82) is 5.26 Å². The van der Waals surface area contributed by atoms with Crippen LogP contribution in [-0.2, 0) is 0 Å². The lowest BCUT2D eigenvalue weighted by atomic mass is 10.1. The molecule has 0 amide bonds. The smallest absolute Gasteiger partial charge is 0.193 e. The van der Waals surface area contributed by atoms with E-state index in [1.165, 1.54) is 12.1 Å². The van der Waals surface area contributed by atoms with Gasteiger partial charge in [-0.1, -0.05) is 11.6 Å². The van der Waals surface area contributed by atoms with Gasteiger partial charge in [-0.3, -0.25) is 4.79 Å². The first kappa shape index (κ1) is 14.2. The van der Waals surface area contributed by atoms with Gasteiger partial charge in [0.1, 0.15) is 29.1 Å². The van der Waals surface area contributed by atoms with Crippen molar-refractivity contribution in [3.63, 3.8) is 0 Å². The molecule has 0 spiro atoms. The number of halogens is 3. The molecule has 3 rings (SSSR count). The summed E-state index contributed by atoms with van der Waals surface area (Å²) in [7, 11) is 0. The van der Waals surface area contributed by atoms with E-state index in [2.05, 4.69) is 9.97 Å². The summed E-state index contributed by atoms with van der Waals surface area (Å²) in [4.78, 5) is 18.8. The van der Waals surface area contributed by atoms with Crippen LogP contribution in [0.15, 0.2) is 35.1 Å². The molecular formula is C15H6ClF2N3O. The highest BCUT2D eigenvalue weighted by Crippen LogP contribution is 2.25. The highest BCUT2D eigenvalue weighted by Gasteiger charge is 2.13. The van der Waals surface area contributed by atoms with Gasteiger partial charge in [-0.15, -0.1) is 0 Å². The highest BCUT2D eigenvalue weighted by molar-refractivity contribution is 6.33. The zero-order valence-electron chi connectivity index (χ0n) is 10.8. The van der Waals surface area contributed by atoms with E-state index in [9.17, 15) is 13.6 Å². The summed E-state index contributed by atoms with van der Waals surface area (Å²) in [6, 6.07) is 7.48. The van der Waals surface area contributed by atoms with E-state index in [0.29, 0.717) is 6.07 Å². The molecule has 22 heavy (non-hydrogen) atoms. The normalized spacial score (nSPS) is 10.6. The molecule has 0 fully saturated rings. The Morgan fingerprint density at radius 3 is 2.73 bits per heavy atom. The van der Waals surface area contributed by atoms with Crippen molar-refractivity contribution in [3.8, 4) is 17.5 Å². The lowest BCUT2D eigenvalue weighted by Gasteiger charge is -2.07.